The summed E-state index contributed by atoms with van der Waals surface area (Å²) in [5.41, 5.74) is 0. The zero-order valence-corrected chi connectivity index (χ0v) is 64.1. The van der Waals surface area contributed by atoms with Crippen molar-refractivity contribution in [2.24, 2.45) is 0 Å². The highest BCUT2D eigenvalue weighted by molar-refractivity contribution is 7.47. The minimum atomic E-state index is -5.00. The van der Waals surface area contributed by atoms with Crippen molar-refractivity contribution in [2.45, 2.75) is 316 Å². The van der Waals surface area contributed by atoms with Gasteiger partial charge in [0.1, 0.15) is 19.3 Å². The molecule has 0 aromatic heterocycles. The van der Waals surface area contributed by atoms with E-state index in [0.717, 1.165) is 141 Å². The van der Waals surface area contributed by atoms with Gasteiger partial charge in [-0.2, -0.15) is 0 Å². The normalized spacial score (nSPS) is 14.7. The highest BCUT2D eigenvalue weighted by Crippen LogP contribution is 2.45. The Morgan fingerprint density at radius 3 is 0.880 bits per heavy atom. The van der Waals surface area contributed by atoms with Crippen molar-refractivity contribution >= 4 is 39.5 Å². The van der Waals surface area contributed by atoms with Gasteiger partial charge in [-0.1, -0.05) is 251 Å². The minimum absolute atomic E-state index is 0.0265. The summed E-state index contributed by atoms with van der Waals surface area (Å²) in [5.74, 6) is -2.31. The quantitative estimate of drug-likeness (QED) is 0.0169. The fourth-order valence-electron chi connectivity index (χ4n) is 9.76. The van der Waals surface area contributed by atoms with Crippen molar-refractivity contribution in [3.63, 3.8) is 0 Å². The SMILES string of the molecule is CC/C=C\C/C=C\C/C=C\C/C=C\C/C=C\CCCC(=O)OCC(COP(=O)(O)OCC(O)COP(=O)(O)OCC(COC(=O)CCCCCCC/C=C\CCCCCCCC)OC(=O)CCCCCCC/C=C\CCCCCC)OC(=O)CCCC/C=C\C/C=C\C/C=C\C/C=C\CC. The van der Waals surface area contributed by atoms with Crippen LogP contribution in [-0.4, -0.2) is 96.7 Å². The third-order valence-corrected chi connectivity index (χ3v) is 17.5. The molecule has 100 heavy (non-hydrogen) atoms. The number of aliphatic hydroxyl groups excluding tert-OH is 1. The molecule has 17 nitrogen and oxygen atoms in total. The summed E-state index contributed by atoms with van der Waals surface area (Å²) in [6.07, 6.45) is 80.3. The number of carbonyl (C=O) groups is 4. The fourth-order valence-corrected chi connectivity index (χ4v) is 11.3. The molecule has 0 aromatic rings. The summed E-state index contributed by atoms with van der Waals surface area (Å²) in [7, 11) is -9.99. The monoisotopic (exact) mass is 1440 g/mol. The number of ether oxygens (including phenoxy) is 4. The zero-order valence-electron chi connectivity index (χ0n) is 62.3. The summed E-state index contributed by atoms with van der Waals surface area (Å²) < 4.78 is 68.4. The number of esters is 4. The lowest BCUT2D eigenvalue weighted by molar-refractivity contribution is -0.161. The summed E-state index contributed by atoms with van der Waals surface area (Å²) in [6, 6.07) is 0. The highest BCUT2D eigenvalue weighted by atomic mass is 31.2. The predicted octanol–water partition coefficient (Wildman–Crippen LogP) is 22.1. The molecular formula is C81H136O17P2. The molecule has 0 heterocycles. The standard InChI is InChI=1S/C81H136O17P2/c1-5-9-13-17-21-25-29-33-36-37-40-43-46-50-54-58-62-66-79(84)92-72-77(98-81(86)68-64-60-56-52-48-44-39-35-31-27-23-19-15-11-7-3)74-96-100(89,90)94-70-75(82)69-93-99(87,88)95-73-76(97-80(85)67-63-59-55-51-47-41-32-28-24-20-16-12-8-4)71-91-78(83)65-61-57-53-49-45-42-38-34-30-26-22-18-14-10-6-2/h9,11,13,15,21,23,25,27-28,32-36,38-40,43,48,50,52,54,75-77,82H,5-8,10,12,14,16-20,22,24,26,29-31,37,41-42,44-47,49,51,53,55-74H2,1-4H3,(H,87,88)(H,89,90)/b13-9-,15-11-,25-21-,27-23-,32-28-,36-33-,38-34-,39-35-,43-40-,52-48-,54-50-. The maximum atomic E-state index is 13.1. The van der Waals surface area contributed by atoms with Crippen LogP contribution in [0.3, 0.4) is 0 Å². The van der Waals surface area contributed by atoms with E-state index in [1.54, 1.807) is 0 Å². The molecule has 0 aliphatic carbocycles. The van der Waals surface area contributed by atoms with Gasteiger partial charge in [-0.05, 0) is 154 Å². The molecule has 0 aromatic carbocycles. The van der Waals surface area contributed by atoms with Crippen LogP contribution < -0.4 is 0 Å². The van der Waals surface area contributed by atoms with E-state index in [-0.39, 0.29) is 25.7 Å². The molecule has 5 unspecified atom stereocenters. The van der Waals surface area contributed by atoms with E-state index in [1.807, 2.05) is 12.2 Å². The lowest BCUT2D eigenvalue weighted by Gasteiger charge is -2.21. The molecule has 5 atom stereocenters. The van der Waals surface area contributed by atoms with Crippen molar-refractivity contribution in [3.8, 4) is 0 Å². The molecule has 0 amide bonds. The second-order valence-electron chi connectivity index (χ2n) is 25.2. The van der Waals surface area contributed by atoms with Gasteiger partial charge in [-0.15, -0.1) is 0 Å². The Morgan fingerprint density at radius 2 is 0.530 bits per heavy atom. The molecule has 0 spiro atoms. The molecule has 0 aliphatic rings. The van der Waals surface area contributed by atoms with E-state index in [4.69, 9.17) is 37.0 Å². The van der Waals surface area contributed by atoms with Gasteiger partial charge in [0, 0.05) is 25.7 Å². The van der Waals surface area contributed by atoms with E-state index in [0.29, 0.717) is 38.5 Å². The number of aliphatic hydroxyl groups is 1. The van der Waals surface area contributed by atoms with Gasteiger partial charge < -0.3 is 33.8 Å². The Balaban J connectivity index is 5.45. The average molecular weight is 1440 g/mol. The summed E-state index contributed by atoms with van der Waals surface area (Å²) >= 11 is 0. The van der Waals surface area contributed by atoms with Crippen molar-refractivity contribution in [3.05, 3.63) is 134 Å². The molecule has 0 saturated heterocycles. The molecule has 0 radical (unpaired) electrons. The van der Waals surface area contributed by atoms with Crippen LogP contribution in [0.4, 0.5) is 0 Å². The second kappa shape index (κ2) is 72.5. The van der Waals surface area contributed by atoms with Crippen LogP contribution in [-0.2, 0) is 65.4 Å². The maximum Gasteiger partial charge on any atom is 0.472 e. The molecule has 0 saturated carbocycles. The van der Waals surface area contributed by atoms with Crippen LogP contribution in [0.25, 0.3) is 0 Å². The van der Waals surface area contributed by atoms with Crippen molar-refractivity contribution in [2.75, 3.05) is 39.6 Å². The van der Waals surface area contributed by atoms with Crippen LogP contribution in [0, 0.1) is 0 Å². The first-order valence-electron chi connectivity index (χ1n) is 38.4. The molecule has 0 fully saturated rings. The summed E-state index contributed by atoms with van der Waals surface area (Å²) in [5, 5.41) is 10.6. The number of hydrogen-bond donors (Lipinski definition) is 3. The lowest BCUT2D eigenvalue weighted by Crippen LogP contribution is -2.30. The number of hydrogen-bond acceptors (Lipinski definition) is 15. The number of rotatable bonds is 71. The van der Waals surface area contributed by atoms with Crippen molar-refractivity contribution < 1.29 is 80.2 Å². The van der Waals surface area contributed by atoms with Crippen LogP contribution in [0.15, 0.2) is 134 Å². The predicted molar refractivity (Wildman–Crippen MR) is 408 cm³/mol. The molecule has 572 valence electrons. The third-order valence-electron chi connectivity index (χ3n) is 15.6. The number of carbonyl (C=O) groups excluding carboxylic acids is 4. The Kier molecular flexibility index (Phi) is 69.1. The van der Waals surface area contributed by atoms with Gasteiger partial charge in [0.2, 0.25) is 0 Å². The van der Waals surface area contributed by atoms with E-state index in [9.17, 15) is 43.2 Å². The minimum Gasteiger partial charge on any atom is -0.462 e. The van der Waals surface area contributed by atoms with E-state index in [2.05, 4.69) is 149 Å². The van der Waals surface area contributed by atoms with Crippen molar-refractivity contribution in [1.82, 2.24) is 0 Å². The van der Waals surface area contributed by atoms with E-state index < -0.39 is 97.5 Å². The molecule has 3 N–H and O–H groups in total. The largest absolute Gasteiger partial charge is 0.472 e. The van der Waals surface area contributed by atoms with Crippen LogP contribution in [0.1, 0.15) is 297 Å². The molecule has 0 bridgehead atoms. The zero-order chi connectivity index (χ0) is 73.2. The number of phosphoric acid groups is 2. The maximum absolute atomic E-state index is 13.1. The first-order valence-corrected chi connectivity index (χ1v) is 41.4. The Hall–Kier alpha value is -4.80. The lowest BCUT2D eigenvalue weighted by atomic mass is 10.1. The smallest absolute Gasteiger partial charge is 0.462 e. The summed E-state index contributed by atoms with van der Waals surface area (Å²) in [6.45, 7) is 4.49. The van der Waals surface area contributed by atoms with Gasteiger partial charge in [0.25, 0.3) is 0 Å². The van der Waals surface area contributed by atoms with Crippen LogP contribution >= 0.6 is 15.6 Å². The van der Waals surface area contributed by atoms with Gasteiger partial charge in [-0.25, -0.2) is 9.13 Å². The Morgan fingerprint density at radius 1 is 0.290 bits per heavy atom. The fraction of sp³-hybridized carbons (Fsp3) is 0.679. The topological polar surface area (TPSA) is 237 Å². The third kappa shape index (κ3) is 71.6. The number of unbranched alkanes of at least 4 members (excludes halogenated alkanes) is 23. The van der Waals surface area contributed by atoms with E-state index >= 15 is 0 Å². The van der Waals surface area contributed by atoms with Crippen LogP contribution in [0.2, 0.25) is 0 Å². The molecule has 19 heteroatoms. The van der Waals surface area contributed by atoms with Gasteiger partial charge in [0.05, 0.1) is 26.4 Å². The highest BCUT2D eigenvalue weighted by Gasteiger charge is 2.30. The Bertz CT molecular complexity index is 2420. The van der Waals surface area contributed by atoms with Crippen molar-refractivity contribution in [1.29, 1.82) is 0 Å². The number of phosphoric ester groups is 2. The van der Waals surface area contributed by atoms with Gasteiger partial charge in [0.15, 0.2) is 12.2 Å². The molecule has 0 aliphatic heterocycles. The second-order valence-corrected chi connectivity index (χ2v) is 28.1. The van der Waals surface area contributed by atoms with Gasteiger partial charge >= 0.3 is 39.5 Å². The number of allylic oxidation sites excluding steroid dienone is 22. The average Bonchev–Trinajstić information content (AvgIpc) is 1.06. The van der Waals surface area contributed by atoms with E-state index in [1.165, 1.54) is 64.2 Å². The molecule has 0 rings (SSSR count). The Labute approximate surface area is 605 Å². The van der Waals surface area contributed by atoms with Gasteiger partial charge in [-0.3, -0.25) is 37.3 Å². The summed E-state index contributed by atoms with van der Waals surface area (Å²) in [4.78, 5) is 72.8. The first-order chi connectivity index (χ1) is 48.7. The molecular weight excluding hydrogens is 1310 g/mol. The first kappa shape index (κ1) is 95.2. The van der Waals surface area contributed by atoms with Crippen LogP contribution in [0.5, 0.6) is 0 Å².